The first kappa shape index (κ1) is 12.3. The number of halogens is 2. The van der Waals surface area contributed by atoms with Crippen LogP contribution in [0, 0.1) is 19.7 Å². The molecule has 0 spiro atoms. The molecule has 1 aromatic heterocycles. The van der Waals surface area contributed by atoms with Crippen LogP contribution in [-0.4, -0.2) is 9.67 Å². The molecule has 0 bridgehead atoms. The van der Waals surface area contributed by atoms with E-state index in [4.69, 9.17) is 0 Å². The van der Waals surface area contributed by atoms with Crippen molar-refractivity contribution in [3.05, 3.63) is 51.5 Å². The normalized spacial score (nSPS) is 10.9. The number of aromatic nitrogens is 1. The van der Waals surface area contributed by atoms with Crippen molar-refractivity contribution in [1.82, 2.24) is 4.57 Å². The SMILES string of the molecule is Cc1cc(CO)c(C)n1-c1ccc(F)cc1Br. The second-order valence-corrected chi connectivity index (χ2v) is 4.84. The monoisotopic (exact) mass is 297 g/mol. The minimum atomic E-state index is -0.273. The van der Waals surface area contributed by atoms with Crippen molar-refractivity contribution in [3.8, 4) is 5.69 Å². The van der Waals surface area contributed by atoms with E-state index in [2.05, 4.69) is 15.9 Å². The van der Waals surface area contributed by atoms with Gasteiger partial charge in [0, 0.05) is 15.9 Å². The van der Waals surface area contributed by atoms with Gasteiger partial charge in [0.15, 0.2) is 0 Å². The summed E-state index contributed by atoms with van der Waals surface area (Å²) < 4.78 is 15.7. The number of hydrogen-bond acceptors (Lipinski definition) is 1. The fourth-order valence-corrected chi connectivity index (χ4v) is 2.55. The Bertz CT molecular complexity index is 563. The first-order valence-corrected chi connectivity index (χ1v) is 6.08. The quantitative estimate of drug-likeness (QED) is 0.902. The van der Waals surface area contributed by atoms with Crippen LogP contribution in [0.2, 0.25) is 0 Å². The van der Waals surface area contributed by atoms with Gasteiger partial charge in [0.2, 0.25) is 0 Å². The van der Waals surface area contributed by atoms with E-state index in [0.717, 1.165) is 22.6 Å². The summed E-state index contributed by atoms with van der Waals surface area (Å²) in [5.41, 5.74) is 3.75. The molecule has 1 heterocycles. The Morgan fingerprint density at radius 2 is 2.00 bits per heavy atom. The molecule has 4 heteroatoms. The molecule has 2 rings (SSSR count). The van der Waals surface area contributed by atoms with Crippen LogP contribution in [0.5, 0.6) is 0 Å². The van der Waals surface area contributed by atoms with Crippen molar-refractivity contribution in [2.45, 2.75) is 20.5 Å². The topological polar surface area (TPSA) is 25.2 Å². The number of aliphatic hydroxyl groups is 1. The molecule has 0 saturated heterocycles. The molecular weight excluding hydrogens is 285 g/mol. The van der Waals surface area contributed by atoms with E-state index < -0.39 is 0 Å². The molecule has 90 valence electrons. The molecule has 0 atom stereocenters. The molecular formula is C13H13BrFNO. The second kappa shape index (κ2) is 4.63. The van der Waals surface area contributed by atoms with Gasteiger partial charge in [-0.15, -0.1) is 0 Å². The third-order valence-electron chi connectivity index (χ3n) is 2.86. The number of aryl methyl sites for hydroxylation is 1. The summed E-state index contributed by atoms with van der Waals surface area (Å²) >= 11 is 3.36. The third-order valence-corrected chi connectivity index (χ3v) is 3.49. The minimum absolute atomic E-state index is 0.0124. The van der Waals surface area contributed by atoms with Crippen molar-refractivity contribution in [2.24, 2.45) is 0 Å². The lowest BCUT2D eigenvalue weighted by Crippen LogP contribution is -2.01. The summed E-state index contributed by atoms with van der Waals surface area (Å²) in [6.45, 7) is 3.91. The Kier molecular flexibility index (Phi) is 3.35. The first-order chi connectivity index (χ1) is 8.04. The molecule has 0 fully saturated rings. The molecule has 0 radical (unpaired) electrons. The molecule has 0 saturated carbocycles. The van der Waals surface area contributed by atoms with Gasteiger partial charge >= 0.3 is 0 Å². The minimum Gasteiger partial charge on any atom is -0.392 e. The van der Waals surface area contributed by atoms with Crippen molar-refractivity contribution in [2.75, 3.05) is 0 Å². The van der Waals surface area contributed by atoms with Crippen molar-refractivity contribution in [3.63, 3.8) is 0 Å². The van der Waals surface area contributed by atoms with E-state index in [1.54, 1.807) is 6.07 Å². The number of aliphatic hydroxyl groups excluding tert-OH is 1. The molecule has 1 aromatic carbocycles. The van der Waals surface area contributed by atoms with Crippen LogP contribution in [0.25, 0.3) is 5.69 Å². The number of nitrogens with zero attached hydrogens (tertiary/aromatic N) is 1. The zero-order chi connectivity index (χ0) is 12.6. The molecule has 0 aliphatic heterocycles. The average Bonchev–Trinajstić information content (AvgIpc) is 2.55. The highest BCUT2D eigenvalue weighted by Gasteiger charge is 2.12. The van der Waals surface area contributed by atoms with Crippen molar-refractivity contribution in [1.29, 1.82) is 0 Å². The van der Waals surface area contributed by atoms with Crippen LogP contribution in [0.1, 0.15) is 17.0 Å². The number of hydrogen-bond donors (Lipinski definition) is 1. The predicted octanol–water partition coefficient (Wildman–Crippen LogP) is 3.49. The van der Waals surface area contributed by atoms with Crippen molar-refractivity contribution < 1.29 is 9.50 Å². The molecule has 1 N–H and O–H groups in total. The summed E-state index contributed by atoms with van der Waals surface area (Å²) in [7, 11) is 0. The summed E-state index contributed by atoms with van der Waals surface area (Å²) in [6, 6.07) is 6.52. The average molecular weight is 298 g/mol. The molecule has 0 aliphatic rings. The molecule has 0 amide bonds. The van der Waals surface area contributed by atoms with Gasteiger partial charge in [0.05, 0.1) is 12.3 Å². The zero-order valence-corrected chi connectivity index (χ0v) is 11.3. The van der Waals surface area contributed by atoms with Gasteiger partial charge in [-0.05, 0) is 59.6 Å². The Balaban J connectivity index is 2.64. The lowest BCUT2D eigenvalue weighted by molar-refractivity contribution is 0.281. The van der Waals surface area contributed by atoms with Gasteiger partial charge in [0.25, 0.3) is 0 Å². The highest BCUT2D eigenvalue weighted by atomic mass is 79.9. The maximum Gasteiger partial charge on any atom is 0.124 e. The maximum absolute atomic E-state index is 13.1. The standard InChI is InChI=1S/C13H13BrFNO/c1-8-5-10(7-17)9(2)16(8)13-4-3-11(15)6-12(13)14/h3-6,17H,7H2,1-2H3. The molecule has 2 nitrogen and oxygen atoms in total. The summed E-state index contributed by atoms with van der Waals surface area (Å²) in [5.74, 6) is -0.273. The van der Waals surface area contributed by atoms with E-state index in [9.17, 15) is 9.50 Å². The Labute approximate surface area is 108 Å². The van der Waals surface area contributed by atoms with E-state index >= 15 is 0 Å². The molecule has 2 aromatic rings. The van der Waals surface area contributed by atoms with E-state index in [1.165, 1.54) is 12.1 Å². The zero-order valence-electron chi connectivity index (χ0n) is 9.67. The van der Waals surface area contributed by atoms with Crippen LogP contribution in [0.3, 0.4) is 0 Å². The fourth-order valence-electron chi connectivity index (χ4n) is 2.02. The number of rotatable bonds is 2. The molecule has 17 heavy (non-hydrogen) atoms. The largest absolute Gasteiger partial charge is 0.392 e. The highest BCUT2D eigenvalue weighted by Crippen LogP contribution is 2.27. The van der Waals surface area contributed by atoms with Crippen LogP contribution < -0.4 is 0 Å². The first-order valence-electron chi connectivity index (χ1n) is 5.28. The van der Waals surface area contributed by atoms with Gasteiger partial charge in [-0.3, -0.25) is 0 Å². The summed E-state index contributed by atoms with van der Waals surface area (Å²) in [6.07, 6.45) is 0. The molecule has 0 unspecified atom stereocenters. The second-order valence-electron chi connectivity index (χ2n) is 3.99. The van der Waals surface area contributed by atoms with Crippen LogP contribution in [0.15, 0.2) is 28.7 Å². The lowest BCUT2D eigenvalue weighted by atomic mass is 10.2. The van der Waals surface area contributed by atoms with Crippen LogP contribution in [0.4, 0.5) is 4.39 Å². The summed E-state index contributed by atoms with van der Waals surface area (Å²) in [5, 5.41) is 9.23. The smallest absolute Gasteiger partial charge is 0.124 e. The van der Waals surface area contributed by atoms with E-state index in [1.807, 2.05) is 24.5 Å². The van der Waals surface area contributed by atoms with Gasteiger partial charge in [0.1, 0.15) is 5.82 Å². The van der Waals surface area contributed by atoms with E-state index in [0.29, 0.717) is 4.47 Å². The Morgan fingerprint density at radius 3 is 2.53 bits per heavy atom. The highest BCUT2D eigenvalue weighted by molar-refractivity contribution is 9.10. The van der Waals surface area contributed by atoms with Crippen LogP contribution in [-0.2, 0) is 6.61 Å². The lowest BCUT2D eigenvalue weighted by Gasteiger charge is -2.12. The number of benzene rings is 1. The van der Waals surface area contributed by atoms with Gasteiger partial charge in [-0.25, -0.2) is 4.39 Å². The molecule has 0 aliphatic carbocycles. The predicted molar refractivity (Wildman–Crippen MR) is 68.8 cm³/mol. The van der Waals surface area contributed by atoms with Gasteiger partial charge in [-0.2, -0.15) is 0 Å². The van der Waals surface area contributed by atoms with Crippen LogP contribution >= 0.6 is 15.9 Å². The van der Waals surface area contributed by atoms with Gasteiger partial charge < -0.3 is 9.67 Å². The van der Waals surface area contributed by atoms with Crippen molar-refractivity contribution >= 4 is 15.9 Å². The summed E-state index contributed by atoms with van der Waals surface area (Å²) in [4.78, 5) is 0. The Hall–Kier alpha value is -1.13. The fraction of sp³-hybridized carbons (Fsp3) is 0.231. The van der Waals surface area contributed by atoms with Gasteiger partial charge in [-0.1, -0.05) is 0 Å². The third kappa shape index (κ3) is 2.15. The Morgan fingerprint density at radius 1 is 1.29 bits per heavy atom. The maximum atomic E-state index is 13.1. The van der Waals surface area contributed by atoms with E-state index in [-0.39, 0.29) is 12.4 Å².